The molecule has 0 bridgehead atoms. The second-order valence-electron chi connectivity index (χ2n) is 12.9. The number of rotatable bonds is 13. The van der Waals surface area contributed by atoms with E-state index in [1.54, 1.807) is 0 Å². The maximum absolute atomic E-state index is 12.7. The molecular weight excluding hydrogens is 700 g/mol. The lowest BCUT2D eigenvalue weighted by atomic mass is 9.88. The largest absolute Gasteiger partial charge is 0.477 e. The van der Waals surface area contributed by atoms with Crippen molar-refractivity contribution in [3.05, 3.63) is 0 Å². The summed E-state index contributed by atoms with van der Waals surface area (Å²) in [5.41, 5.74) is 12.3. The lowest BCUT2D eigenvalue weighted by molar-refractivity contribution is -0.388. The van der Waals surface area contributed by atoms with Crippen molar-refractivity contribution in [2.24, 2.45) is 11.5 Å². The lowest BCUT2D eigenvalue weighted by Crippen LogP contribution is -2.71. The van der Waals surface area contributed by atoms with Crippen LogP contribution < -0.4 is 11.5 Å². The molecule has 4 rings (SSSR count). The number of hydrogen-bond acceptors (Lipinski definition) is 22. The van der Waals surface area contributed by atoms with Gasteiger partial charge in [-0.3, -0.25) is 0 Å². The van der Waals surface area contributed by atoms with E-state index in [1.807, 2.05) is 0 Å². The third kappa shape index (κ3) is 8.49. The van der Waals surface area contributed by atoms with Crippen LogP contribution >= 0.6 is 0 Å². The minimum absolute atomic E-state index is 0.778. The van der Waals surface area contributed by atoms with Gasteiger partial charge in [0.1, 0.15) is 79.4 Å². The number of carbonyl (C=O) groups is 1. The second-order valence-corrected chi connectivity index (χ2v) is 12.9. The van der Waals surface area contributed by atoms with Gasteiger partial charge >= 0.3 is 5.97 Å². The number of aliphatic hydroxyl groups is 11. The Kier molecular flexibility index (Phi) is 14.5. The van der Waals surface area contributed by atoms with Crippen LogP contribution in [0.3, 0.4) is 0 Å². The van der Waals surface area contributed by atoms with Crippen LogP contribution in [0, 0.1) is 0 Å². The summed E-state index contributed by atoms with van der Waals surface area (Å²) in [7, 11) is 1.21. The Bertz CT molecular complexity index is 1130. The van der Waals surface area contributed by atoms with E-state index in [-0.39, 0.29) is 0 Å². The molecule has 0 aromatic rings. The zero-order valence-corrected chi connectivity index (χ0v) is 27.6. The minimum Gasteiger partial charge on any atom is -0.477 e. The Morgan fingerprint density at radius 3 is 1.94 bits per heavy atom. The molecule has 298 valence electrons. The highest BCUT2D eigenvalue weighted by molar-refractivity contribution is 5.76. The Balaban J connectivity index is 1.65. The van der Waals surface area contributed by atoms with E-state index in [1.165, 1.54) is 14.0 Å². The number of nitrogens with two attached hydrogens (primary N) is 2. The molecule has 51 heavy (non-hydrogen) atoms. The first-order valence-electron chi connectivity index (χ1n) is 16.1. The van der Waals surface area contributed by atoms with Crippen molar-refractivity contribution in [1.29, 1.82) is 0 Å². The number of carboxylic acids is 1. The van der Waals surface area contributed by atoms with Crippen LogP contribution in [0.2, 0.25) is 0 Å². The average Bonchev–Trinajstić information content (AvgIpc) is 3.11. The monoisotopic (exact) mass is 750 g/mol. The number of ether oxygens (including phenoxy) is 8. The van der Waals surface area contributed by atoms with Gasteiger partial charge in [0.15, 0.2) is 18.9 Å². The van der Waals surface area contributed by atoms with Gasteiger partial charge in [-0.15, -0.1) is 0 Å². The van der Waals surface area contributed by atoms with Crippen molar-refractivity contribution < 1.29 is 104 Å². The van der Waals surface area contributed by atoms with Gasteiger partial charge < -0.3 is 111 Å². The lowest BCUT2D eigenvalue weighted by Gasteiger charge is -2.51. The summed E-state index contributed by atoms with van der Waals surface area (Å²) < 4.78 is 45.1. The third-order valence-corrected chi connectivity index (χ3v) is 9.52. The van der Waals surface area contributed by atoms with Crippen molar-refractivity contribution in [2.75, 3.05) is 26.9 Å². The highest BCUT2D eigenvalue weighted by atomic mass is 16.8. The normalized spacial score (nSPS) is 49.3. The van der Waals surface area contributed by atoms with Crippen LogP contribution in [-0.2, 0) is 42.7 Å². The zero-order chi connectivity index (χ0) is 38.1. The SMILES string of the molecule is COC1OC(CO)[C@@H](O[C@@H]2OC(C)[C@@H](O)C(O)[C@@H]2O)[C@H](O[C@@H]2OC(CO)[C@H](O)C(O[C@]3(C(=O)O)C[C@@H](O)[C@@H](N)C([C@H](O)[C@H](O)CO)O3)[C@@H]2O)C1N. The third-order valence-electron chi connectivity index (χ3n) is 9.52. The van der Waals surface area contributed by atoms with E-state index >= 15 is 0 Å². The number of hydrogen-bond donors (Lipinski definition) is 14. The first kappa shape index (κ1) is 42.4. The first-order chi connectivity index (χ1) is 24.0. The Hall–Kier alpha value is -1.37. The molecule has 8 unspecified atom stereocenters. The number of aliphatic hydroxyl groups excluding tert-OH is 11. The van der Waals surface area contributed by atoms with E-state index in [0.29, 0.717) is 0 Å². The summed E-state index contributed by atoms with van der Waals surface area (Å²) in [4.78, 5) is 12.7. The summed E-state index contributed by atoms with van der Waals surface area (Å²) in [5.74, 6) is -4.92. The van der Waals surface area contributed by atoms with Gasteiger partial charge in [-0.1, -0.05) is 0 Å². The van der Waals surface area contributed by atoms with Crippen LogP contribution in [0.25, 0.3) is 0 Å². The van der Waals surface area contributed by atoms with E-state index in [9.17, 15) is 66.1 Å². The van der Waals surface area contributed by atoms with Crippen LogP contribution in [0.15, 0.2) is 0 Å². The molecule has 0 spiro atoms. The molecular formula is C28H50N2O21. The predicted octanol–water partition coefficient (Wildman–Crippen LogP) is -8.93. The van der Waals surface area contributed by atoms with E-state index in [2.05, 4.69) is 0 Å². The van der Waals surface area contributed by atoms with E-state index < -0.39 is 161 Å². The van der Waals surface area contributed by atoms with Crippen LogP contribution in [0.5, 0.6) is 0 Å². The minimum atomic E-state index is -2.98. The van der Waals surface area contributed by atoms with Crippen LogP contribution in [-0.4, -0.2) is 222 Å². The molecule has 4 aliphatic rings. The van der Waals surface area contributed by atoms with E-state index in [0.717, 1.165) is 0 Å². The summed E-state index contributed by atoms with van der Waals surface area (Å²) in [5, 5.41) is 124. The molecule has 0 aliphatic carbocycles. The molecule has 0 aromatic heterocycles. The fraction of sp³-hybridized carbons (Fsp3) is 0.964. The standard InChI is InChI=1S/C28H50N2O21/c1-7-14(36)17(39)18(40)25(45-7)48-20-11(6-33)47-24(44-2)13(30)22(20)49-26-19(41)23(16(38)10(5-32)46-26)51-28(27(42)43)3-8(34)12(29)21(50-28)15(37)9(35)4-31/h7-26,31-41H,3-6,29-30H2,1-2H3,(H,42,43)/t7?,8-,9-,10?,11?,12-,13?,14-,15-,16+,17?,18+,19+,20-,21?,22-,23?,24?,25+,26+,28+/m1/s1. The summed E-state index contributed by atoms with van der Waals surface area (Å²) in [6.45, 7) is -1.37. The Labute approximate surface area is 290 Å². The molecule has 21 atom stereocenters. The molecule has 0 amide bonds. The van der Waals surface area contributed by atoms with Crippen molar-refractivity contribution in [2.45, 2.75) is 142 Å². The maximum Gasteiger partial charge on any atom is 0.364 e. The molecule has 16 N–H and O–H groups in total. The fourth-order valence-corrected chi connectivity index (χ4v) is 6.44. The predicted molar refractivity (Wildman–Crippen MR) is 158 cm³/mol. The summed E-state index contributed by atoms with van der Waals surface area (Å²) >= 11 is 0. The number of methoxy groups -OCH3 is 1. The number of aliphatic carboxylic acids is 1. The highest BCUT2D eigenvalue weighted by Gasteiger charge is 2.60. The van der Waals surface area contributed by atoms with Crippen molar-refractivity contribution in [3.8, 4) is 0 Å². The second kappa shape index (κ2) is 17.4. The van der Waals surface area contributed by atoms with Crippen molar-refractivity contribution in [1.82, 2.24) is 0 Å². The fourth-order valence-electron chi connectivity index (χ4n) is 6.44. The molecule has 4 heterocycles. The highest BCUT2D eigenvalue weighted by Crippen LogP contribution is 2.38. The summed E-state index contributed by atoms with van der Waals surface area (Å²) in [6.07, 6.45) is -32.0. The molecule has 4 aliphatic heterocycles. The topological polar surface area (TPSA) is 386 Å². The maximum atomic E-state index is 12.7. The van der Waals surface area contributed by atoms with Gasteiger partial charge in [0.25, 0.3) is 5.79 Å². The van der Waals surface area contributed by atoms with Gasteiger partial charge in [-0.05, 0) is 6.92 Å². The first-order valence-corrected chi connectivity index (χ1v) is 16.1. The van der Waals surface area contributed by atoms with Crippen molar-refractivity contribution >= 4 is 5.97 Å². The average molecular weight is 751 g/mol. The van der Waals surface area contributed by atoms with Crippen LogP contribution in [0.1, 0.15) is 13.3 Å². The van der Waals surface area contributed by atoms with Crippen molar-refractivity contribution in [3.63, 3.8) is 0 Å². The molecule has 23 nitrogen and oxygen atoms in total. The van der Waals surface area contributed by atoms with Gasteiger partial charge in [-0.25, -0.2) is 4.79 Å². The Morgan fingerprint density at radius 2 is 1.37 bits per heavy atom. The smallest absolute Gasteiger partial charge is 0.364 e. The van der Waals surface area contributed by atoms with Gasteiger partial charge in [-0.2, -0.15) is 0 Å². The van der Waals surface area contributed by atoms with Gasteiger partial charge in [0.05, 0.1) is 44.1 Å². The van der Waals surface area contributed by atoms with Crippen LogP contribution in [0.4, 0.5) is 0 Å². The zero-order valence-electron chi connectivity index (χ0n) is 27.6. The molecule has 0 aromatic carbocycles. The van der Waals surface area contributed by atoms with Gasteiger partial charge in [0.2, 0.25) is 0 Å². The number of carboxylic acid groups (broad SMARTS) is 1. The molecule has 23 heteroatoms. The van der Waals surface area contributed by atoms with Gasteiger partial charge in [0, 0.05) is 13.5 Å². The quantitative estimate of drug-likeness (QED) is 0.0831. The molecule has 4 fully saturated rings. The molecule has 4 saturated heterocycles. The Morgan fingerprint density at radius 1 is 0.784 bits per heavy atom. The van der Waals surface area contributed by atoms with E-state index in [4.69, 9.17) is 49.4 Å². The molecule has 0 saturated carbocycles. The summed E-state index contributed by atoms with van der Waals surface area (Å²) in [6, 6.07) is -2.86. The molecule has 0 radical (unpaired) electrons.